The Kier molecular flexibility index (Phi) is 4.03. The van der Waals surface area contributed by atoms with Crippen molar-refractivity contribution in [3.8, 4) is 0 Å². The summed E-state index contributed by atoms with van der Waals surface area (Å²) in [6.07, 6.45) is 2.12. The Labute approximate surface area is 117 Å². The van der Waals surface area contributed by atoms with Crippen molar-refractivity contribution < 1.29 is 4.92 Å². The molecular weight excluding hydrogens is 260 g/mol. The molecule has 1 aliphatic heterocycles. The third-order valence-corrected chi connectivity index (χ3v) is 3.74. The zero-order chi connectivity index (χ0) is 14.9. The van der Waals surface area contributed by atoms with Crippen LogP contribution in [0.15, 0.2) is 0 Å². The number of nitrogens with zero attached hydrogens (tertiary/aromatic N) is 4. The molecule has 1 fully saturated rings. The summed E-state index contributed by atoms with van der Waals surface area (Å²) >= 11 is 0. The van der Waals surface area contributed by atoms with Crippen LogP contribution in [-0.2, 0) is 0 Å². The Balaban J connectivity index is 2.52. The average molecular weight is 280 g/mol. The largest absolute Gasteiger partial charge is 0.348 e. The lowest BCUT2D eigenvalue weighted by molar-refractivity contribution is -0.385. The molecule has 2 rings (SSSR count). The van der Waals surface area contributed by atoms with E-state index >= 15 is 0 Å². The number of hydrazine groups is 1. The normalized spacial score (nSPS) is 22.7. The fourth-order valence-corrected chi connectivity index (χ4v) is 2.61. The third kappa shape index (κ3) is 2.64. The van der Waals surface area contributed by atoms with Crippen molar-refractivity contribution in [1.82, 2.24) is 9.97 Å². The van der Waals surface area contributed by atoms with Crippen molar-refractivity contribution in [1.29, 1.82) is 0 Å². The predicted molar refractivity (Wildman–Crippen MR) is 76.4 cm³/mol. The van der Waals surface area contributed by atoms with Gasteiger partial charge < -0.3 is 4.90 Å². The maximum Gasteiger partial charge on any atom is 0.332 e. The number of aromatic nitrogens is 2. The van der Waals surface area contributed by atoms with Gasteiger partial charge in [0.15, 0.2) is 0 Å². The maximum atomic E-state index is 11.3. The molecule has 0 amide bonds. The molecule has 2 atom stereocenters. The Bertz CT molecular complexity index is 521. The van der Waals surface area contributed by atoms with Crippen molar-refractivity contribution in [3.05, 3.63) is 15.8 Å². The van der Waals surface area contributed by atoms with Crippen LogP contribution in [0, 0.1) is 23.0 Å². The number of hydrogen-bond acceptors (Lipinski definition) is 7. The molecule has 0 saturated carbocycles. The molecule has 8 heteroatoms. The molecule has 8 nitrogen and oxygen atoms in total. The van der Waals surface area contributed by atoms with Gasteiger partial charge in [0.05, 0.1) is 4.92 Å². The van der Waals surface area contributed by atoms with Crippen LogP contribution >= 0.6 is 0 Å². The minimum atomic E-state index is -0.420. The first-order chi connectivity index (χ1) is 9.43. The number of aryl methyl sites for hydroxylation is 1. The van der Waals surface area contributed by atoms with Crippen LogP contribution in [0.25, 0.3) is 0 Å². The van der Waals surface area contributed by atoms with Gasteiger partial charge in [0.2, 0.25) is 11.8 Å². The molecule has 1 aromatic heterocycles. The first kappa shape index (κ1) is 14.4. The second-order valence-corrected chi connectivity index (χ2v) is 5.39. The van der Waals surface area contributed by atoms with Gasteiger partial charge in [-0.15, -0.1) is 0 Å². The molecule has 1 aliphatic rings. The van der Waals surface area contributed by atoms with Gasteiger partial charge in [-0.25, -0.2) is 10.8 Å². The zero-order valence-corrected chi connectivity index (χ0v) is 12.0. The third-order valence-electron chi connectivity index (χ3n) is 3.74. The summed E-state index contributed by atoms with van der Waals surface area (Å²) in [5.74, 6) is 6.38. The van der Waals surface area contributed by atoms with Crippen LogP contribution < -0.4 is 16.2 Å². The minimum absolute atomic E-state index is 0.0371. The van der Waals surface area contributed by atoms with Crippen molar-refractivity contribution in [2.24, 2.45) is 11.8 Å². The summed E-state index contributed by atoms with van der Waals surface area (Å²) in [6.45, 7) is 6.55. The predicted octanol–water partition coefficient (Wildman–Crippen LogP) is 1.60. The monoisotopic (exact) mass is 280 g/mol. The lowest BCUT2D eigenvalue weighted by Crippen LogP contribution is -2.42. The van der Waals surface area contributed by atoms with E-state index in [4.69, 9.17) is 5.84 Å². The number of anilines is 2. The van der Waals surface area contributed by atoms with Gasteiger partial charge in [0.25, 0.3) is 0 Å². The molecule has 2 heterocycles. The summed E-state index contributed by atoms with van der Waals surface area (Å²) in [7, 11) is 0. The number of hydrogen-bond donors (Lipinski definition) is 2. The molecule has 0 aliphatic carbocycles. The van der Waals surface area contributed by atoms with E-state index in [0.717, 1.165) is 19.4 Å². The highest BCUT2D eigenvalue weighted by atomic mass is 16.6. The van der Waals surface area contributed by atoms with E-state index in [0.29, 0.717) is 17.4 Å². The van der Waals surface area contributed by atoms with Gasteiger partial charge in [0, 0.05) is 12.6 Å². The number of nitrogens with two attached hydrogens (primary N) is 1. The molecule has 2 unspecified atom stereocenters. The summed E-state index contributed by atoms with van der Waals surface area (Å²) in [5.41, 5.74) is 2.65. The summed E-state index contributed by atoms with van der Waals surface area (Å²) in [4.78, 5) is 21.1. The van der Waals surface area contributed by atoms with Gasteiger partial charge in [-0.3, -0.25) is 15.5 Å². The van der Waals surface area contributed by atoms with Crippen molar-refractivity contribution in [3.63, 3.8) is 0 Å². The number of nitrogens with one attached hydrogen (secondary N) is 1. The second kappa shape index (κ2) is 5.58. The van der Waals surface area contributed by atoms with E-state index in [1.807, 2.05) is 4.90 Å². The average Bonchev–Trinajstić information content (AvgIpc) is 2.40. The molecule has 1 saturated heterocycles. The standard InChI is InChI=1S/C12H20N6O2/c1-7-4-5-8(2)17(6-7)11-10(18(19)20)9(3)14-12(15-11)16-13/h7-8H,4-6,13H2,1-3H3,(H,14,15,16). The van der Waals surface area contributed by atoms with Crippen molar-refractivity contribution in [2.75, 3.05) is 16.9 Å². The zero-order valence-electron chi connectivity index (χ0n) is 12.0. The van der Waals surface area contributed by atoms with Crippen LogP contribution in [-0.4, -0.2) is 27.5 Å². The van der Waals surface area contributed by atoms with Gasteiger partial charge in [0.1, 0.15) is 5.69 Å². The lowest BCUT2D eigenvalue weighted by Gasteiger charge is -2.37. The van der Waals surface area contributed by atoms with E-state index in [1.54, 1.807) is 6.92 Å². The summed E-state index contributed by atoms with van der Waals surface area (Å²) < 4.78 is 0. The minimum Gasteiger partial charge on any atom is -0.348 e. The first-order valence-electron chi connectivity index (χ1n) is 6.70. The van der Waals surface area contributed by atoms with Gasteiger partial charge in [-0.2, -0.15) is 4.98 Å². The number of piperidine rings is 1. The van der Waals surface area contributed by atoms with Gasteiger partial charge >= 0.3 is 5.69 Å². The van der Waals surface area contributed by atoms with Crippen molar-refractivity contribution >= 4 is 17.5 Å². The van der Waals surface area contributed by atoms with E-state index in [-0.39, 0.29) is 17.7 Å². The molecule has 0 aromatic carbocycles. The molecule has 0 radical (unpaired) electrons. The Morgan fingerprint density at radius 3 is 2.70 bits per heavy atom. The Hall–Kier alpha value is -1.96. The van der Waals surface area contributed by atoms with Crippen LogP contribution in [0.3, 0.4) is 0 Å². The highest BCUT2D eigenvalue weighted by Crippen LogP contribution is 2.34. The Morgan fingerprint density at radius 2 is 2.10 bits per heavy atom. The molecule has 20 heavy (non-hydrogen) atoms. The second-order valence-electron chi connectivity index (χ2n) is 5.39. The van der Waals surface area contributed by atoms with Crippen LogP contribution in [0.2, 0.25) is 0 Å². The van der Waals surface area contributed by atoms with Crippen LogP contribution in [0.5, 0.6) is 0 Å². The number of rotatable bonds is 3. The van der Waals surface area contributed by atoms with Crippen LogP contribution in [0.4, 0.5) is 17.5 Å². The highest BCUT2D eigenvalue weighted by molar-refractivity contribution is 5.63. The maximum absolute atomic E-state index is 11.3. The molecule has 1 aromatic rings. The van der Waals surface area contributed by atoms with E-state index in [2.05, 4.69) is 29.2 Å². The molecule has 110 valence electrons. The Morgan fingerprint density at radius 1 is 1.40 bits per heavy atom. The number of nitrogen functional groups attached to an aromatic ring is 1. The smallest absolute Gasteiger partial charge is 0.332 e. The van der Waals surface area contributed by atoms with E-state index in [1.165, 1.54) is 0 Å². The fraction of sp³-hybridized carbons (Fsp3) is 0.667. The molecule has 0 bridgehead atoms. The van der Waals surface area contributed by atoms with Gasteiger partial charge in [-0.1, -0.05) is 6.92 Å². The molecular formula is C12H20N6O2. The lowest BCUT2D eigenvalue weighted by atomic mass is 9.95. The van der Waals surface area contributed by atoms with E-state index < -0.39 is 4.92 Å². The first-order valence-corrected chi connectivity index (χ1v) is 6.70. The van der Waals surface area contributed by atoms with E-state index in [9.17, 15) is 10.1 Å². The fourth-order valence-electron chi connectivity index (χ4n) is 2.61. The number of nitro groups is 1. The molecule has 3 N–H and O–H groups in total. The quantitative estimate of drug-likeness (QED) is 0.491. The highest BCUT2D eigenvalue weighted by Gasteiger charge is 2.32. The molecule has 0 spiro atoms. The SMILES string of the molecule is Cc1nc(NN)nc(N2CC(C)CCC2C)c1[N+](=O)[O-]. The van der Waals surface area contributed by atoms with Crippen LogP contribution in [0.1, 0.15) is 32.4 Å². The summed E-state index contributed by atoms with van der Waals surface area (Å²) in [5, 5.41) is 11.3. The van der Waals surface area contributed by atoms with Crippen molar-refractivity contribution in [2.45, 2.75) is 39.7 Å². The topological polar surface area (TPSA) is 110 Å². The van der Waals surface area contributed by atoms with Gasteiger partial charge in [-0.05, 0) is 32.6 Å². The summed E-state index contributed by atoms with van der Waals surface area (Å²) in [6, 6.07) is 0.213.